The van der Waals surface area contributed by atoms with Crippen LogP contribution in [-0.4, -0.2) is 46.8 Å². The second-order valence-corrected chi connectivity index (χ2v) is 11.1. The highest BCUT2D eigenvalue weighted by Crippen LogP contribution is 2.38. The van der Waals surface area contributed by atoms with Crippen molar-refractivity contribution in [2.45, 2.75) is 52.0 Å². The first-order valence-electron chi connectivity index (χ1n) is 14.4. The number of aliphatic carboxylic acids is 1. The Labute approximate surface area is 254 Å². The van der Waals surface area contributed by atoms with Crippen LogP contribution in [0.2, 0.25) is 5.02 Å². The molecule has 2 aliphatic heterocycles. The van der Waals surface area contributed by atoms with E-state index in [1.165, 1.54) is 12.7 Å². The van der Waals surface area contributed by atoms with Crippen LogP contribution in [0.25, 0.3) is 11.1 Å². The van der Waals surface area contributed by atoms with Gasteiger partial charge in [-0.15, -0.1) is 0 Å². The summed E-state index contributed by atoms with van der Waals surface area (Å²) in [6.07, 6.45) is 5.33. The van der Waals surface area contributed by atoms with Crippen molar-refractivity contribution >= 4 is 17.6 Å². The van der Waals surface area contributed by atoms with E-state index >= 15 is 0 Å². The van der Waals surface area contributed by atoms with Gasteiger partial charge in [0.15, 0.2) is 17.9 Å². The monoisotopic (exact) mass is 604 g/mol. The molecule has 4 aromatic rings. The highest BCUT2D eigenvalue weighted by atomic mass is 35.5. The fourth-order valence-electron chi connectivity index (χ4n) is 5.60. The molecular weight excluding hydrogens is 572 g/mol. The summed E-state index contributed by atoms with van der Waals surface area (Å²) in [4.78, 5) is 18.0. The van der Waals surface area contributed by atoms with E-state index in [2.05, 4.69) is 18.0 Å². The van der Waals surface area contributed by atoms with Gasteiger partial charge in [-0.25, -0.2) is 4.98 Å². The molecule has 6 rings (SSSR count). The molecule has 1 atom stereocenters. The molecule has 0 saturated carbocycles. The molecular formula is C33H33ClN2O7. The Hall–Kier alpha value is -4.21. The Kier molecular flexibility index (Phi) is 8.72. The number of oxazole rings is 1. The smallest absolute Gasteiger partial charge is 0.320 e. The van der Waals surface area contributed by atoms with Crippen LogP contribution in [0, 0.1) is 6.92 Å². The second kappa shape index (κ2) is 13.0. The van der Waals surface area contributed by atoms with Crippen LogP contribution >= 0.6 is 11.6 Å². The molecule has 1 N–H and O–H groups in total. The molecule has 0 spiro atoms. The van der Waals surface area contributed by atoms with Gasteiger partial charge in [-0.2, -0.15) is 0 Å². The van der Waals surface area contributed by atoms with Crippen LogP contribution < -0.4 is 18.9 Å². The predicted molar refractivity (Wildman–Crippen MR) is 160 cm³/mol. The topological polar surface area (TPSA) is 103 Å². The lowest BCUT2D eigenvalue weighted by Gasteiger charge is -2.33. The molecule has 1 fully saturated rings. The van der Waals surface area contributed by atoms with Crippen LogP contribution in [-0.2, 0) is 24.6 Å². The van der Waals surface area contributed by atoms with Crippen LogP contribution in [0.5, 0.6) is 23.0 Å². The summed E-state index contributed by atoms with van der Waals surface area (Å²) in [5, 5.41) is 10.2. The number of ether oxygens (including phenoxy) is 4. The van der Waals surface area contributed by atoms with Gasteiger partial charge in [-0.1, -0.05) is 42.3 Å². The van der Waals surface area contributed by atoms with Gasteiger partial charge in [0, 0.05) is 18.2 Å². The van der Waals surface area contributed by atoms with E-state index in [1.54, 1.807) is 12.1 Å². The number of fused-ring (bicyclic) bond motifs is 1. The third-order valence-corrected chi connectivity index (χ3v) is 8.22. The largest absolute Gasteiger partial charge is 0.487 e. The normalized spacial score (nSPS) is 16.6. The van der Waals surface area contributed by atoms with E-state index in [9.17, 15) is 9.90 Å². The van der Waals surface area contributed by atoms with Gasteiger partial charge in [-0.05, 0) is 66.8 Å². The maximum Gasteiger partial charge on any atom is 0.320 e. The summed E-state index contributed by atoms with van der Waals surface area (Å²) in [5.74, 6) is 1.71. The predicted octanol–water partition coefficient (Wildman–Crippen LogP) is 6.67. The highest BCUT2D eigenvalue weighted by Gasteiger charge is 2.29. The van der Waals surface area contributed by atoms with Crippen LogP contribution in [0.4, 0.5) is 0 Å². The van der Waals surface area contributed by atoms with Crippen molar-refractivity contribution in [2.24, 2.45) is 0 Å². The molecule has 224 valence electrons. The first-order valence-corrected chi connectivity index (χ1v) is 14.7. The summed E-state index contributed by atoms with van der Waals surface area (Å²) in [5.41, 5.74) is 5.62. The average Bonchev–Trinajstić information content (AvgIpc) is 3.54. The first kappa shape index (κ1) is 28.9. The Morgan fingerprint density at radius 1 is 1.02 bits per heavy atom. The summed E-state index contributed by atoms with van der Waals surface area (Å²) < 4.78 is 29.0. The lowest BCUT2D eigenvalue weighted by atomic mass is 9.96. The molecule has 10 heteroatoms. The number of carboxylic acid groups (broad SMARTS) is 1. The SMILES string of the molecule is Cc1c(COc2cc(OCc3cocn3)c(CN3CCCC[C@H]3C(=O)O)cc2Cl)cccc1-c1ccc2c(c1)OCCO2. The Bertz CT molecular complexity index is 1590. The number of hydrogen-bond acceptors (Lipinski definition) is 8. The van der Waals surface area contributed by atoms with E-state index in [1.807, 2.05) is 35.2 Å². The molecule has 1 saturated heterocycles. The zero-order chi connectivity index (χ0) is 29.8. The molecule has 3 aromatic carbocycles. The van der Waals surface area contributed by atoms with Crippen molar-refractivity contribution in [3.63, 3.8) is 0 Å². The molecule has 2 aliphatic rings. The fraction of sp³-hybridized carbons (Fsp3) is 0.333. The number of carboxylic acids is 1. The third-order valence-electron chi connectivity index (χ3n) is 7.93. The number of halogens is 1. The zero-order valence-corrected chi connectivity index (χ0v) is 24.6. The minimum Gasteiger partial charge on any atom is -0.487 e. The summed E-state index contributed by atoms with van der Waals surface area (Å²) in [7, 11) is 0. The van der Waals surface area contributed by atoms with E-state index in [4.69, 9.17) is 35.0 Å². The van der Waals surface area contributed by atoms with Crippen molar-refractivity contribution in [1.82, 2.24) is 9.88 Å². The molecule has 9 nitrogen and oxygen atoms in total. The molecule has 0 bridgehead atoms. The number of hydrogen-bond donors (Lipinski definition) is 1. The lowest BCUT2D eigenvalue weighted by Crippen LogP contribution is -2.44. The molecule has 3 heterocycles. The summed E-state index contributed by atoms with van der Waals surface area (Å²) in [6, 6.07) is 15.1. The fourth-order valence-corrected chi connectivity index (χ4v) is 5.84. The second-order valence-electron chi connectivity index (χ2n) is 10.7. The molecule has 0 radical (unpaired) electrons. The molecule has 1 aromatic heterocycles. The van der Waals surface area contributed by atoms with Crippen molar-refractivity contribution in [3.05, 3.63) is 88.6 Å². The molecule has 0 amide bonds. The number of benzene rings is 3. The van der Waals surface area contributed by atoms with Gasteiger partial charge in [0.25, 0.3) is 0 Å². The molecule has 43 heavy (non-hydrogen) atoms. The zero-order valence-electron chi connectivity index (χ0n) is 23.9. The van der Waals surface area contributed by atoms with E-state index in [0.717, 1.165) is 52.2 Å². The maximum absolute atomic E-state index is 11.9. The minimum atomic E-state index is -0.815. The lowest BCUT2D eigenvalue weighted by molar-refractivity contribution is -0.144. The van der Waals surface area contributed by atoms with Crippen LogP contribution in [0.15, 0.2) is 65.6 Å². The minimum absolute atomic E-state index is 0.184. The summed E-state index contributed by atoms with van der Waals surface area (Å²) in [6.45, 7) is 4.71. The molecule has 0 aliphatic carbocycles. The third kappa shape index (κ3) is 6.58. The summed E-state index contributed by atoms with van der Waals surface area (Å²) >= 11 is 6.75. The Balaban J connectivity index is 1.24. The van der Waals surface area contributed by atoms with Crippen molar-refractivity contribution in [2.75, 3.05) is 19.8 Å². The number of rotatable bonds is 10. The number of carbonyl (C=O) groups is 1. The van der Waals surface area contributed by atoms with E-state index < -0.39 is 12.0 Å². The Morgan fingerprint density at radius 2 is 1.86 bits per heavy atom. The number of aromatic nitrogens is 1. The number of likely N-dealkylation sites (tertiary alicyclic amines) is 1. The van der Waals surface area contributed by atoms with Gasteiger partial charge < -0.3 is 28.5 Å². The van der Waals surface area contributed by atoms with Crippen molar-refractivity contribution in [1.29, 1.82) is 0 Å². The first-order chi connectivity index (χ1) is 21.0. The van der Waals surface area contributed by atoms with E-state index in [-0.39, 0.29) is 6.61 Å². The standard InChI is InChI=1S/C33H33ClN2O7/c1-21-23(5-4-6-26(21)22-8-9-29-32(14-22)41-12-11-40-29)17-42-31-15-30(43-19-25-18-39-20-35-25)24(13-27(31)34)16-36-10-3-2-7-28(36)33(37)38/h4-6,8-9,13-15,18,20,28H,2-3,7,10-12,16-17,19H2,1H3,(H,37,38)/t28-/m0/s1. The highest BCUT2D eigenvalue weighted by molar-refractivity contribution is 6.32. The molecule has 0 unspecified atom stereocenters. The number of nitrogens with zero attached hydrogens (tertiary/aromatic N) is 2. The van der Waals surface area contributed by atoms with Crippen LogP contribution in [0.3, 0.4) is 0 Å². The van der Waals surface area contributed by atoms with Gasteiger partial charge >= 0.3 is 5.97 Å². The van der Waals surface area contributed by atoms with Gasteiger partial charge in [0.1, 0.15) is 55.9 Å². The Morgan fingerprint density at radius 3 is 2.67 bits per heavy atom. The maximum atomic E-state index is 11.9. The average molecular weight is 605 g/mol. The number of piperidine rings is 1. The van der Waals surface area contributed by atoms with Gasteiger partial charge in [0.2, 0.25) is 0 Å². The van der Waals surface area contributed by atoms with Crippen LogP contribution in [0.1, 0.15) is 41.6 Å². The quantitative estimate of drug-likeness (QED) is 0.212. The van der Waals surface area contributed by atoms with Crippen molar-refractivity contribution < 1.29 is 33.3 Å². The van der Waals surface area contributed by atoms with Gasteiger partial charge in [-0.3, -0.25) is 9.69 Å². The van der Waals surface area contributed by atoms with Crippen molar-refractivity contribution in [3.8, 4) is 34.1 Å². The van der Waals surface area contributed by atoms with E-state index in [0.29, 0.717) is 61.5 Å². The van der Waals surface area contributed by atoms with Gasteiger partial charge in [0.05, 0.1) is 5.02 Å².